The Bertz CT molecular complexity index is 2410. The van der Waals surface area contributed by atoms with Gasteiger partial charge in [-0.2, -0.15) is 15.0 Å². The van der Waals surface area contributed by atoms with Gasteiger partial charge in [0.25, 0.3) is 0 Å². The van der Waals surface area contributed by atoms with E-state index in [1.165, 1.54) is 0 Å². The van der Waals surface area contributed by atoms with E-state index in [2.05, 4.69) is 41.5 Å². The first-order chi connectivity index (χ1) is 36.5. The number of carboxylic acids is 4. The summed E-state index contributed by atoms with van der Waals surface area (Å²) in [6.45, 7) is 4.40. The van der Waals surface area contributed by atoms with Crippen LogP contribution in [0.3, 0.4) is 0 Å². The van der Waals surface area contributed by atoms with E-state index in [0.717, 1.165) is 12.0 Å². The van der Waals surface area contributed by atoms with Gasteiger partial charge in [-0.05, 0) is 109 Å². The Morgan fingerprint density at radius 2 is 1.40 bits per heavy atom. The van der Waals surface area contributed by atoms with E-state index < -0.39 is 65.9 Å². The number of hydrogen-bond donors (Lipinski definition) is 12. The van der Waals surface area contributed by atoms with Crippen LogP contribution in [-0.4, -0.2) is 224 Å². The van der Waals surface area contributed by atoms with Crippen molar-refractivity contribution in [1.82, 2.24) is 50.5 Å². The quantitative estimate of drug-likeness (QED) is 0.0395. The Balaban J connectivity index is 1.34. The van der Waals surface area contributed by atoms with Crippen LogP contribution in [0.15, 0.2) is 59.8 Å². The average Bonchev–Trinajstić information content (AvgIpc) is 3.40. The molecule has 77 heavy (non-hydrogen) atoms. The van der Waals surface area contributed by atoms with Gasteiger partial charge >= 0.3 is 29.9 Å². The van der Waals surface area contributed by atoms with E-state index in [9.17, 15) is 59.4 Å². The highest BCUT2D eigenvalue weighted by molar-refractivity contribution is 5.86. The van der Waals surface area contributed by atoms with Gasteiger partial charge in [0.15, 0.2) is 0 Å². The number of urea groups is 1. The number of carbonyl (C=O) groups is 6. The molecule has 426 valence electrons. The Hall–Kier alpha value is -7.29. The molecule has 0 saturated heterocycles. The Morgan fingerprint density at radius 1 is 0.766 bits per heavy atom. The normalized spacial score (nSPS) is 19.4. The summed E-state index contributed by atoms with van der Waals surface area (Å²) in [6.07, 6.45) is 7.52. The predicted molar refractivity (Wildman–Crippen MR) is 287 cm³/mol. The fraction of sp³-hybridized carbons (Fsp3) is 0.588. The number of carbonyl (C=O) groups excluding carboxylic acids is 2. The summed E-state index contributed by atoms with van der Waals surface area (Å²) in [6, 6.07) is 2.67. The third kappa shape index (κ3) is 21.0. The minimum atomic E-state index is -1.51. The number of hydrogen-bond acceptors (Lipinski definition) is 19. The molecule has 1 aromatic heterocycles. The summed E-state index contributed by atoms with van der Waals surface area (Å²) in [5.74, 6) is -4.14. The Labute approximate surface area is 448 Å². The molecule has 3 amide bonds. The maximum Gasteiger partial charge on any atom is 0.326 e. The molecule has 1 aromatic carbocycles. The van der Waals surface area contributed by atoms with Gasteiger partial charge in [-0.3, -0.25) is 34.0 Å². The number of aliphatic carboxylic acids is 4. The van der Waals surface area contributed by atoms with Gasteiger partial charge in [0.05, 0.1) is 31.6 Å². The average molecular weight is 1080 g/mol. The van der Waals surface area contributed by atoms with Crippen molar-refractivity contribution in [1.29, 1.82) is 0 Å². The molecule has 5 atom stereocenters. The number of rotatable bonds is 30. The van der Waals surface area contributed by atoms with Crippen LogP contribution in [0.25, 0.3) is 0 Å². The highest BCUT2D eigenvalue weighted by Crippen LogP contribution is 2.41. The number of aromatic nitrogens is 3. The first-order valence-corrected chi connectivity index (χ1v) is 25.8. The standard InChI is InChI=1S/C51H79N13O13/c1-7-61(4)29-35(65)26-51-27-36(66)30-62(5)23-24-64(32-43(71)72)44(51)40(63(6)31-37(67)28-51)25-33-15-17-34(18-16-33)54-48-57-47(58-49(59-48)60(2)3)53-22-11-8-9-14-41(68)52-21-12-10-13-38(45(73)74)55-50(77)56-39(46(75)76)19-20-42(69)70/h15-18,26-28,38-40,44,65-67H,7-14,19-25,29-32H2,1-6H3,(H,52,68)(H,69,70)(H,71,72)(H,73,74)(H,75,76)(H2,55,56,77)(H2,53,54,57,58,59)/b35-26+,36-27?/t38-,39-,40?,44?,51?/m0/s1. The van der Waals surface area contributed by atoms with E-state index in [1.807, 2.05) is 86.0 Å². The number of aliphatic hydroxyl groups is 3. The predicted octanol–water partition coefficient (Wildman–Crippen LogP) is 2.83. The number of unbranched alkanes of at least 4 members (excludes halogenated alkanes) is 3. The second kappa shape index (κ2) is 30.5. The molecule has 26 nitrogen and oxygen atoms in total. The zero-order valence-electron chi connectivity index (χ0n) is 44.9. The van der Waals surface area contributed by atoms with Crippen LogP contribution in [0.5, 0.6) is 0 Å². The molecule has 2 aliphatic heterocycles. The fourth-order valence-corrected chi connectivity index (χ4v) is 9.20. The van der Waals surface area contributed by atoms with Gasteiger partial charge in [-0.25, -0.2) is 14.4 Å². The molecule has 0 radical (unpaired) electrons. The number of aliphatic hydroxyl groups excluding tert-OH is 3. The molecule has 4 rings (SSSR count). The molecular weight excluding hydrogens is 1000 g/mol. The van der Waals surface area contributed by atoms with Gasteiger partial charge < -0.3 is 67.2 Å². The summed E-state index contributed by atoms with van der Waals surface area (Å²) < 4.78 is 0. The Morgan fingerprint density at radius 3 is 2.03 bits per heavy atom. The molecule has 0 aliphatic carbocycles. The van der Waals surface area contributed by atoms with Crippen LogP contribution >= 0.6 is 0 Å². The maximum absolute atomic E-state index is 12.5. The fourth-order valence-electron chi connectivity index (χ4n) is 9.20. The number of carboxylic acid groups (broad SMARTS) is 4. The molecule has 12 N–H and O–H groups in total. The number of anilines is 4. The van der Waals surface area contributed by atoms with Crippen LogP contribution in [0.2, 0.25) is 0 Å². The summed E-state index contributed by atoms with van der Waals surface area (Å²) >= 11 is 0. The number of amides is 3. The number of likely N-dealkylation sites (N-methyl/N-ethyl adjacent to an activating group) is 3. The molecule has 0 saturated carbocycles. The van der Waals surface area contributed by atoms with E-state index in [4.69, 9.17) is 5.11 Å². The van der Waals surface area contributed by atoms with Crippen molar-refractivity contribution in [2.24, 2.45) is 5.41 Å². The molecule has 2 aliphatic rings. The van der Waals surface area contributed by atoms with E-state index in [0.29, 0.717) is 75.9 Å². The van der Waals surface area contributed by atoms with Crippen molar-refractivity contribution in [3.63, 3.8) is 0 Å². The highest BCUT2D eigenvalue weighted by Gasteiger charge is 2.48. The lowest BCUT2D eigenvalue weighted by atomic mass is 9.73. The lowest BCUT2D eigenvalue weighted by molar-refractivity contribution is -0.141. The van der Waals surface area contributed by atoms with Crippen LogP contribution in [-0.2, 0) is 30.4 Å². The van der Waals surface area contributed by atoms with Crippen LogP contribution < -0.4 is 31.5 Å². The van der Waals surface area contributed by atoms with E-state index in [-0.39, 0.29) is 81.1 Å². The lowest BCUT2D eigenvalue weighted by Gasteiger charge is -2.46. The third-order valence-electron chi connectivity index (χ3n) is 13.1. The SMILES string of the molecule is CCN(C)C/C(O)=C\C12C=C(O)CN(C)CCN(CC(=O)O)C1C(Cc1ccc(Nc3nc(NCCCCCC(=O)NCCCC[C@H](NC(=O)N[C@@H](CCC(=O)O)C(=O)O)C(=O)O)nc(N(C)C)n3)cc1)N(C)CC(O)=C2. The van der Waals surface area contributed by atoms with Gasteiger partial charge in [0.2, 0.25) is 23.8 Å². The van der Waals surface area contributed by atoms with Crippen molar-refractivity contribution in [2.45, 2.75) is 95.3 Å². The zero-order valence-corrected chi connectivity index (χ0v) is 44.9. The summed E-state index contributed by atoms with van der Waals surface area (Å²) in [4.78, 5) is 94.2. The molecule has 26 heteroatoms. The first kappa shape index (κ1) is 62.3. The summed E-state index contributed by atoms with van der Waals surface area (Å²) in [7, 11) is 9.19. The zero-order chi connectivity index (χ0) is 56.8. The summed E-state index contributed by atoms with van der Waals surface area (Å²) in [5.41, 5.74) is 0.263. The monoisotopic (exact) mass is 1080 g/mol. The highest BCUT2D eigenvalue weighted by atomic mass is 16.4. The maximum atomic E-state index is 12.5. The minimum Gasteiger partial charge on any atom is -0.511 e. The van der Waals surface area contributed by atoms with Gasteiger partial charge in [-0.15, -0.1) is 0 Å². The number of nitrogens with zero attached hydrogens (tertiary/aromatic N) is 8. The van der Waals surface area contributed by atoms with E-state index in [1.54, 1.807) is 23.1 Å². The molecular formula is C51H79N13O13. The second-order valence-corrected chi connectivity index (χ2v) is 19.9. The minimum absolute atomic E-state index is 0.0139. The number of benzene rings is 1. The van der Waals surface area contributed by atoms with Crippen molar-refractivity contribution in [3.05, 3.63) is 65.3 Å². The Kier molecular flexibility index (Phi) is 24.6. The largest absolute Gasteiger partial charge is 0.511 e. The third-order valence-corrected chi connectivity index (χ3v) is 13.1. The van der Waals surface area contributed by atoms with Crippen molar-refractivity contribution in [2.75, 3.05) is 110 Å². The van der Waals surface area contributed by atoms with Crippen molar-refractivity contribution >= 4 is 59.3 Å². The molecule has 0 fully saturated rings. The molecule has 0 spiro atoms. The summed E-state index contributed by atoms with van der Waals surface area (Å²) in [5, 5.41) is 85.8. The molecule has 3 unspecified atom stereocenters. The van der Waals surface area contributed by atoms with Gasteiger partial charge in [-0.1, -0.05) is 25.5 Å². The van der Waals surface area contributed by atoms with Crippen molar-refractivity contribution in [3.8, 4) is 0 Å². The number of nitrogens with one attached hydrogen (secondary N) is 5. The molecule has 0 bridgehead atoms. The molecule has 2 aromatic rings. The van der Waals surface area contributed by atoms with Crippen LogP contribution in [0.4, 0.5) is 28.3 Å². The smallest absolute Gasteiger partial charge is 0.326 e. The first-order valence-electron chi connectivity index (χ1n) is 25.8. The van der Waals surface area contributed by atoms with Gasteiger partial charge in [0.1, 0.15) is 29.4 Å². The topological polar surface area (TPSA) is 359 Å². The molecule has 3 heterocycles. The van der Waals surface area contributed by atoms with Crippen LogP contribution in [0.1, 0.15) is 70.3 Å². The van der Waals surface area contributed by atoms with Crippen molar-refractivity contribution < 1.29 is 64.5 Å². The second-order valence-electron chi connectivity index (χ2n) is 19.9. The number of fused-ring (bicyclic) bond motifs is 1. The van der Waals surface area contributed by atoms with Gasteiger partial charge in [0, 0.05) is 70.9 Å². The van der Waals surface area contributed by atoms with E-state index >= 15 is 0 Å². The lowest BCUT2D eigenvalue weighted by Crippen LogP contribution is -2.59. The van der Waals surface area contributed by atoms with Crippen LogP contribution in [0, 0.1) is 5.41 Å².